The number of aromatic nitrogens is 4. The second-order valence-electron chi connectivity index (χ2n) is 8.01. The molecular weight excluding hydrogens is 459 g/mol. The highest BCUT2D eigenvalue weighted by Gasteiger charge is 2.45. The van der Waals surface area contributed by atoms with Gasteiger partial charge in [0.15, 0.2) is 5.82 Å². The van der Waals surface area contributed by atoms with Gasteiger partial charge >= 0.3 is 6.36 Å². The van der Waals surface area contributed by atoms with E-state index in [2.05, 4.69) is 35.2 Å². The molecule has 3 aromatic rings. The van der Waals surface area contributed by atoms with Crippen molar-refractivity contribution in [3.8, 4) is 17.1 Å². The van der Waals surface area contributed by atoms with Crippen molar-refractivity contribution in [1.29, 1.82) is 0 Å². The van der Waals surface area contributed by atoms with Crippen molar-refractivity contribution < 1.29 is 17.9 Å². The first kappa shape index (κ1) is 23.0. The van der Waals surface area contributed by atoms with E-state index in [1.807, 2.05) is 6.07 Å². The van der Waals surface area contributed by atoms with Gasteiger partial charge in [0, 0.05) is 61.3 Å². The third-order valence-corrected chi connectivity index (χ3v) is 5.56. The first-order chi connectivity index (χ1) is 15.4. The van der Waals surface area contributed by atoms with Gasteiger partial charge in [-0.2, -0.15) is 0 Å². The van der Waals surface area contributed by atoms with Crippen molar-refractivity contribution in [2.24, 2.45) is 5.41 Å². The van der Waals surface area contributed by atoms with E-state index < -0.39 is 6.36 Å². The number of halogens is 4. The zero-order valence-corrected chi connectivity index (χ0v) is 18.2. The molecule has 1 spiro atoms. The highest BCUT2D eigenvalue weighted by Crippen LogP contribution is 2.39. The summed E-state index contributed by atoms with van der Waals surface area (Å²) in [5.41, 5.74) is 1.01. The Morgan fingerprint density at radius 1 is 1.09 bits per heavy atom. The lowest BCUT2D eigenvalue weighted by atomic mass is 9.79. The number of anilines is 3. The summed E-state index contributed by atoms with van der Waals surface area (Å²) in [5.74, 6) is 1.42. The Morgan fingerprint density at radius 2 is 1.94 bits per heavy atom. The topological polar surface area (TPSA) is 88.1 Å². The number of alkyl halides is 3. The number of hydrogen-bond acceptors (Lipinski definition) is 8. The summed E-state index contributed by atoms with van der Waals surface area (Å²) in [6.07, 6.45) is 0.911. The van der Waals surface area contributed by atoms with Crippen LogP contribution in [-0.4, -0.2) is 52.5 Å². The van der Waals surface area contributed by atoms with Crippen LogP contribution in [0.25, 0.3) is 11.4 Å². The van der Waals surface area contributed by atoms with Crippen LogP contribution in [0.2, 0.25) is 0 Å². The molecular formula is C21H21ClF3N7O. The summed E-state index contributed by atoms with van der Waals surface area (Å²) >= 11 is 0. The van der Waals surface area contributed by atoms with E-state index in [-0.39, 0.29) is 29.4 Å². The molecule has 12 heteroatoms. The quantitative estimate of drug-likeness (QED) is 0.571. The third kappa shape index (κ3) is 5.25. The molecule has 2 fully saturated rings. The van der Waals surface area contributed by atoms with Crippen LogP contribution in [0.15, 0.2) is 48.9 Å². The molecule has 0 aromatic carbocycles. The molecule has 0 radical (unpaired) electrons. The largest absolute Gasteiger partial charge is 0.573 e. The molecule has 0 aliphatic carbocycles. The number of rotatable bonds is 5. The van der Waals surface area contributed by atoms with E-state index >= 15 is 0 Å². The molecule has 2 aliphatic heterocycles. The zero-order valence-electron chi connectivity index (χ0n) is 17.3. The molecule has 2 N–H and O–H groups in total. The van der Waals surface area contributed by atoms with Crippen LogP contribution in [0, 0.1) is 5.41 Å². The van der Waals surface area contributed by atoms with E-state index in [0.717, 1.165) is 50.0 Å². The van der Waals surface area contributed by atoms with Crippen LogP contribution in [0.5, 0.6) is 5.75 Å². The van der Waals surface area contributed by atoms with Gasteiger partial charge in [-0.1, -0.05) is 0 Å². The minimum absolute atomic E-state index is 0. The van der Waals surface area contributed by atoms with E-state index in [9.17, 15) is 13.2 Å². The smallest absolute Gasteiger partial charge is 0.406 e. The SMILES string of the molecule is Cl.FC(F)(F)Oc1ccnc(Nc2cc(N3CC4(CCNC4)C3)nc(-c3cccnc3)n2)c1. The molecule has 0 atom stereocenters. The maximum Gasteiger partial charge on any atom is 0.573 e. The Balaban J connectivity index is 0.00000259. The molecule has 5 rings (SSSR count). The average Bonchev–Trinajstić information content (AvgIpc) is 3.23. The van der Waals surface area contributed by atoms with E-state index in [1.54, 1.807) is 24.5 Å². The van der Waals surface area contributed by atoms with Crippen molar-refractivity contribution in [3.05, 3.63) is 48.9 Å². The van der Waals surface area contributed by atoms with Crippen LogP contribution in [0.4, 0.5) is 30.6 Å². The summed E-state index contributed by atoms with van der Waals surface area (Å²) in [5, 5.41) is 6.39. The maximum absolute atomic E-state index is 12.6. The highest BCUT2D eigenvalue weighted by atomic mass is 35.5. The van der Waals surface area contributed by atoms with E-state index in [1.165, 1.54) is 12.3 Å². The van der Waals surface area contributed by atoms with Gasteiger partial charge in [-0.15, -0.1) is 25.6 Å². The number of pyridine rings is 2. The Kier molecular flexibility index (Phi) is 6.26. The van der Waals surface area contributed by atoms with Gasteiger partial charge in [0.1, 0.15) is 23.2 Å². The second kappa shape index (κ2) is 8.99. The fourth-order valence-corrected chi connectivity index (χ4v) is 4.08. The monoisotopic (exact) mass is 479 g/mol. The van der Waals surface area contributed by atoms with Crippen LogP contribution < -0.4 is 20.3 Å². The molecule has 0 saturated carbocycles. The van der Waals surface area contributed by atoms with Crippen molar-refractivity contribution in [3.63, 3.8) is 0 Å². The molecule has 3 aromatic heterocycles. The first-order valence-corrected chi connectivity index (χ1v) is 10.1. The Morgan fingerprint density at radius 3 is 2.64 bits per heavy atom. The lowest BCUT2D eigenvalue weighted by molar-refractivity contribution is -0.274. The van der Waals surface area contributed by atoms with Gasteiger partial charge in [0.2, 0.25) is 0 Å². The standard InChI is InChI=1S/C21H20F3N7O.ClH/c22-21(23,24)32-15-3-6-27-16(8-15)28-17-9-18(31-12-20(13-31)4-7-26-11-20)30-19(29-17)14-2-1-5-25-10-14;/h1-3,5-6,8-10,26H,4,7,11-13H2,(H,27,28,29,30);1H. The number of nitrogens with one attached hydrogen (secondary N) is 2. The summed E-state index contributed by atoms with van der Waals surface area (Å²) < 4.78 is 41.6. The molecule has 2 saturated heterocycles. The Hall–Kier alpha value is -3.18. The minimum atomic E-state index is -4.78. The molecule has 0 bridgehead atoms. The number of nitrogens with zero attached hydrogens (tertiary/aromatic N) is 5. The second-order valence-corrected chi connectivity index (χ2v) is 8.01. The van der Waals surface area contributed by atoms with Crippen LogP contribution >= 0.6 is 12.4 Å². The summed E-state index contributed by atoms with van der Waals surface area (Å²) in [4.78, 5) is 19.6. The van der Waals surface area contributed by atoms with Gasteiger partial charge in [0.05, 0.1) is 0 Å². The van der Waals surface area contributed by atoms with Gasteiger partial charge in [-0.25, -0.2) is 15.0 Å². The van der Waals surface area contributed by atoms with Gasteiger partial charge in [-0.05, 0) is 31.2 Å². The normalized spacial score (nSPS) is 16.8. The van der Waals surface area contributed by atoms with Crippen molar-refractivity contribution in [2.45, 2.75) is 12.8 Å². The number of ether oxygens (including phenoxy) is 1. The highest BCUT2D eigenvalue weighted by molar-refractivity contribution is 5.85. The fourth-order valence-electron chi connectivity index (χ4n) is 4.08. The van der Waals surface area contributed by atoms with Crippen LogP contribution in [0.3, 0.4) is 0 Å². The molecule has 8 nitrogen and oxygen atoms in total. The van der Waals surface area contributed by atoms with E-state index in [0.29, 0.717) is 11.6 Å². The van der Waals surface area contributed by atoms with Crippen LogP contribution in [-0.2, 0) is 0 Å². The van der Waals surface area contributed by atoms with Gasteiger partial charge in [0.25, 0.3) is 0 Å². The predicted molar refractivity (Wildman–Crippen MR) is 119 cm³/mol. The molecule has 174 valence electrons. The average molecular weight is 480 g/mol. The van der Waals surface area contributed by atoms with Crippen molar-refractivity contribution in [2.75, 3.05) is 36.4 Å². The third-order valence-electron chi connectivity index (χ3n) is 5.56. The first-order valence-electron chi connectivity index (χ1n) is 10.1. The lowest BCUT2D eigenvalue weighted by Crippen LogP contribution is -2.57. The Labute approximate surface area is 194 Å². The Bertz CT molecular complexity index is 1100. The minimum Gasteiger partial charge on any atom is -0.406 e. The van der Waals surface area contributed by atoms with Gasteiger partial charge in [-0.3, -0.25) is 4.98 Å². The molecule has 5 heterocycles. The lowest BCUT2D eigenvalue weighted by Gasteiger charge is -2.48. The summed E-state index contributed by atoms with van der Waals surface area (Å²) in [7, 11) is 0. The van der Waals surface area contributed by atoms with E-state index in [4.69, 9.17) is 4.98 Å². The maximum atomic E-state index is 12.6. The fraction of sp³-hybridized carbons (Fsp3) is 0.333. The van der Waals surface area contributed by atoms with Crippen LogP contribution in [0.1, 0.15) is 6.42 Å². The van der Waals surface area contributed by atoms with Crippen molar-refractivity contribution in [1.82, 2.24) is 25.3 Å². The predicted octanol–water partition coefficient (Wildman–Crippen LogP) is 3.80. The molecule has 0 unspecified atom stereocenters. The van der Waals surface area contributed by atoms with Gasteiger partial charge < -0.3 is 20.3 Å². The molecule has 0 amide bonds. The summed E-state index contributed by atoms with van der Waals surface area (Å²) in [6, 6.07) is 7.72. The summed E-state index contributed by atoms with van der Waals surface area (Å²) in [6.45, 7) is 3.78. The molecule has 33 heavy (non-hydrogen) atoms. The molecule has 2 aliphatic rings. The zero-order chi connectivity index (χ0) is 22.2. The van der Waals surface area contributed by atoms with Crippen molar-refractivity contribution >= 4 is 29.9 Å². The number of hydrogen-bond donors (Lipinski definition) is 2.